The van der Waals surface area contributed by atoms with E-state index in [1.54, 1.807) is 0 Å². The highest BCUT2D eigenvalue weighted by Gasteiger charge is 2.37. The second-order valence-electron chi connectivity index (χ2n) is 6.51. The van der Waals surface area contributed by atoms with Crippen molar-refractivity contribution in [3.63, 3.8) is 0 Å². The fourth-order valence-corrected chi connectivity index (χ4v) is 3.66. The van der Waals surface area contributed by atoms with Crippen LogP contribution in [0.4, 0.5) is 0 Å². The molecule has 0 aromatic heterocycles. The summed E-state index contributed by atoms with van der Waals surface area (Å²) >= 11 is 3.65. The zero-order valence-corrected chi connectivity index (χ0v) is 15.1. The fraction of sp³-hybridized carbons (Fsp3) is 0.647. The number of piperidine rings is 1. The summed E-state index contributed by atoms with van der Waals surface area (Å²) in [7, 11) is 2.22. The normalized spacial score (nSPS) is 19.4. The lowest BCUT2D eigenvalue weighted by atomic mass is 9.85. The lowest BCUT2D eigenvalue weighted by molar-refractivity contribution is 0.0297. The third kappa shape index (κ3) is 3.86. The minimum Gasteiger partial charge on any atom is -0.329 e. The van der Waals surface area contributed by atoms with Crippen LogP contribution in [-0.4, -0.2) is 48.1 Å². The molecule has 1 saturated heterocycles. The summed E-state index contributed by atoms with van der Waals surface area (Å²) in [5.41, 5.74) is 7.65. The number of rotatable bonds is 5. The van der Waals surface area contributed by atoms with Gasteiger partial charge in [0.1, 0.15) is 0 Å². The quantitative estimate of drug-likeness (QED) is 0.882. The topological polar surface area (TPSA) is 32.5 Å². The Labute approximate surface area is 137 Å². The van der Waals surface area contributed by atoms with Gasteiger partial charge in [0.15, 0.2) is 0 Å². The Hall–Kier alpha value is -0.420. The van der Waals surface area contributed by atoms with Gasteiger partial charge in [0.25, 0.3) is 0 Å². The lowest BCUT2D eigenvalue weighted by Gasteiger charge is -2.48. The molecule has 2 N–H and O–H groups in total. The molecule has 0 aliphatic carbocycles. The minimum absolute atomic E-state index is 0.140. The van der Waals surface area contributed by atoms with Crippen LogP contribution in [0.15, 0.2) is 28.7 Å². The van der Waals surface area contributed by atoms with Crippen molar-refractivity contribution < 1.29 is 0 Å². The molecule has 0 spiro atoms. The summed E-state index contributed by atoms with van der Waals surface area (Å²) in [5.74, 6) is 0. The SMILES string of the molecule is CC(C)N1CCC(CN)(N(C)Cc2ccccc2Br)CC1. The molecule has 0 bridgehead atoms. The Kier molecular flexibility index (Phi) is 5.83. The van der Waals surface area contributed by atoms with Crippen LogP contribution in [0.5, 0.6) is 0 Å². The zero-order chi connectivity index (χ0) is 15.5. The Morgan fingerprint density at radius 3 is 2.43 bits per heavy atom. The molecule has 0 saturated carbocycles. The van der Waals surface area contributed by atoms with Gasteiger partial charge >= 0.3 is 0 Å². The van der Waals surface area contributed by atoms with Gasteiger partial charge in [0, 0.05) is 42.2 Å². The van der Waals surface area contributed by atoms with Crippen molar-refractivity contribution in [3.8, 4) is 0 Å². The van der Waals surface area contributed by atoms with Crippen molar-refractivity contribution >= 4 is 15.9 Å². The van der Waals surface area contributed by atoms with Crippen molar-refractivity contribution in [2.45, 2.75) is 44.8 Å². The average Bonchev–Trinajstić information content (AvgIpc) is 2.49. The van der Waals surface area contributed by atoms with E-state index in [0.29, 0.717) is 6.04 Å². The Morgan fingerprint density at radius 2 is 1.90 bits per heavy atom. The number of halogens is 1. The van der Waals surface area contributed by atoms with Gasteiger partial charge in [-0.25, -0.2) is 0 Å². The molecule has 0 unspecified atom stereocenters. The van der Waals surface area contributed by atoms with Gasteiger partial charge in [-0.2, -0.15) is 0 Å². The van der Waals surface area contributed by atoms with Crippen molar-refractivity contribution in [1.82, 2.24) is 9.80 Å². The van der Waals surface area contributed by atoms with Crippen LogP contribution >= 0.6 is 15.9 Å². The fourth-order valence-electron chi connectivity index (χ4n) is 3.25. The summed E-state index contributed by atoms with van der Waals surface area (Å²) in [6, 6.07) is 9.10. The lowest BCUT2D eigenvalue weighted by Crippen LogP contribution is -2.58. The number of nitrogens with two attached hydrogens (primary N) is 1. The molecule has 2 rings (SSSR count). The van der Waals surface area contributed by atoms with Crippen LogP contribution in [0.2, 0.25) is 0 Å². The molecule has 3 nitrogen and oxygen atoms in total. The van der Waals surface area contributed by atoms with E-state index in [0.717, 1.165) is 39.0 Å². The first kappa shape index (κ1) is 16.9. The van der Waals surface area contributed by atoms with E-state index < -0.39 is 0 Å². The number of likely N-dealkylation sites (N-methyl/N-ethyl adjacent to an activating group) is 1. The Bertz CT molecular complexity index is 453. The first-order chi connectivity index (χ1) is 9.98. The molecular weight excluding hydrogens is 326 g/mol. The molecule has 1 fully saturated rings. The third-order valence-corrected chi connectivity index (χ3v) is 5.79. The summed E-state index contributed by atoms with van der Waals surface area (Å²) in [5, 5.41) is 0. The van der Waals surface area contributed by atoms with E-state index in [1.807, 2.05) is 0 Å². The highest BCUT2D eigenvalue weighted by atomic mass is 79.9. The largest absolute Gasteiger partial charge is 0.329 e. The maximum atomic E-state index is 6.18. The van der Waals surface area contributed by atoms with Gasteiger partial charge in [0.2, 0.25) is 0 Å². The maximum Gasteiger partial charge on any atom is 0.0356 e. The maximum absolute atomic E-state index is 6.18. The van der Waals surface area contributed by atoms with Crippen LogP contribution in [0, 0.1) is 0 Å². The average molecular weight is 354 g/mol. The van der Waals surface area contributed by atoms with Gasteiger partial charge < -0.3 is 10.6 Å². The van der Waals surface area contributed by atoms with Gasteiger partial charge in [-0.15, -0.1) is 0 Å². The molecule has 1 aliphatic rings. The van der Waals surface area contributed by atoms with Crippen molar-refractivity contribution in [2.75, 3.05) is 26.7 Å². The van der Waals surface area contributed by atoms with Gasteiger partial charge in [0.05, 0.1) is 0 Å². The monoisotopic (exact) mass is 353 g/mol. The predicted octanol–water partition coefficient (Wildman–Crippen LogP) is 3.08. The molecule has 1 aliphatic heterocycles. The minimum atomic E-state index is 0.140. The van der Waals surface area contributed by atoms with Crippen molar-refractivity contribution in [3.05, 3.63) is 34.3 Å². The number of benzene rings is 1. The highest BCUT2D eigenvalue weighted by molar-refractivity contribution is 9.10. The van der Waals surface area contributed by atoms with Gasteiger partial charge in [-0.05, 0) is 45.4 Å². The first-order valence-electron chi connectivity index (χ1n) is 7.87. The van der Waals surface area contributed by atoms with Crippen LogP contribution in [-0.2, 0) is 6.54 Å². The number of hydrogen-bond donors (Lipinski definition) is 1. The molecule has 1 heterocycles. The molecular formula is C17H28BrN3. The van der Waals surface area contributed by atoms with E-state index in [1.165, 1.54) is 10.0 Å². The summed E-state index contributed by atoms with van der Waals surface area (Å²) in [4.78, 5) is 5.02. The molecule has 21 heavy (non-hydrogen) atoms. The van der Waals surface area contributed by atoms with Crippen LogP contribution in [0.1, 0.15) is 32.3 Å². The first-order valence-corrected chi connectivity index (χ1v) is 8.66. The Morgan fingerprint density at radius 1 is 1.29 bits per heavy atom. The highest BCUT2D eigenvalue weighted by Crippen LogP contribution is 2.30. The van der Waals surface area contributed by atoms with E-state index in [-0.39, 0.29) is 5.54 Å². The molecule has 1 aromatic carbocycles. The van der Waals surface area contributed by atoms with E-state index in [9.17, 15) is 0 Å². The van der Waals surface area contributed by atoms with E-state index >= 15 is 0 Å². The van der Waals surface area contributed by atoms with Gasteiger partial charge in [-0.3, -0.25) is 4.90 Å². The molecule has 0 radical (unpaired) electrons. The number of likely N-dealkylation sites (tertiary alicyclic amines) is 1. The van der Waals surface area contributed by atoms with Crippen LogP contribution in [0.3, 0.4) is 0 Å². The molecule has 0 atom stereocenters. The number of nitrogens with zero attached hydrogens (tertiary/aromatic N) is 2. The third-order valence-electron chi connectivity index (χ3n) is 5.01. The Balaban J connectivity index is 2.06. The summed E-state index contributed by atoms with van der Waals surface area (Å²) in [6.07, 6.45) is 2.31. The summed E-state index contributed by atoms with van der Waals surface area (Å²) in [6.45, 7) is 8.53. The van der Waals surface area contributed by atoms with E-state index in [4.69, 9.17) is 5.73 Å². The molecule has 0 amide bonds. The molecule has 1 aromatic rings. The summed E-state index contributed by atoms with van der Waals surface area (Å²) < 4.78 is 1.18. The second-order valence-corrected chi connectivity index (χ2v) is 7.36. The number of hydrogen-bond acceptors (Lipinski definition) is 3. The van der Waals surface area contributed by atoms with Crippen molar-refractivity contribution in [1.29, 1.82) is 0 Å². The van der Waals surface area contributed by atoms with Crippen LogP contribution in [0.25, 0.3) is 0 Å². The predicted molar refractivity (Wildman–Crippen MR) is 93.3 cm³/mol. The molecule has 4 heteroatoms. The van der Waals surface area contributed by atoms with Crippen LogP contribution < -0.4 is 5.73 Å². The second kappa shape index (κ2) is 7.23. The van der Waals surface area contributed by atoms with E-state index in [2.05, 4.69) is 70.9 Å². The zero-order valence-electron chi connectivity index (χ0n) is 13.5. The van der Waals surface area contributed by atoms with Crippen molar-refractivity contribution in [2.24, 2.45) is 5.73 Å². The smallest absolute Gasteiger partial charge is 0.0356 e. The van der Waals surface area contributed by atoms with Gasteiger partial charge in [-0.1, -0.05) is 34.1 Å². The molecule has 118 valence electrons. The standard InChI is InChI=1S/C17H28BrN3/c1-14(2)21-10-8-17(13-19,9-11-21)20(3)12-15-6-4-5-7-16(15)18/h4-7,14H,8-13,19H2,1-3H3.